The average Bonchev–Trinajstić information content (AvgIpc) is 2.02. The Morgan fingerprint density at radius 2 is 1.62 bits per heavy atom. The SMILES string of the molecule is CC(C=[N+](N)C(=N)N)=[N+](N)C(=N)N. The lowest BCUT2D eigenvalue weighted by molar-refractivity contribution is -0.434. The van der Waals surface area contributed by atoms with Gasteiger partial charge < -0.3 is 0 Å². The average molecular weight is 186 g/mol. The van der Waals surface area contributed by atoms with Crippen molar-refractivity contribution in [1.29, 1.82) is 10.8 Å². The normalized spacial score (nSPS) is 13.5. The third-order valence-corrected chi connectivity index (χ3v) is 1.24. The van der Waals surface area contributed by atoms with E-state index in [1.807, 2.05) is 0 Å². The van der Waals surface area contributed by atoms with Crippen molar-refractivity contribution in [1.82, 2.24) is 0 Å². The number of guanidine groups is 2. The summed E-state index contributed by atoms with van der Waals surface area (Å²) >= 11 is 0. The van der Waals surface area contributed by atoms with Gasteiger partial charge in [0.15, 0.2) is 0 Å². The first-order valence-corrected chi connectivity index (χ1v) is 3.31. The first-order chi connectivity index (χ1) is 5.86. The van der Waals surface area contributed by atoms with E-state index in [9.17, 15) is 0 Å². The van der Waals surface area contributed by atoms with Crippen LogP contribution in [-0.4, -0.2) is 33.2 Å². The molecule has 8 nitrogen and oxygen atoms in total. The summed E-state index contributed by atoms with van der Waals surface area (Å²) in [6.07, 6.45) is 1.28. The van der Waals surface area contributed by atoms with Crippen LogP contribution in [0.1, 0.15) is 6.92 Å². The van der Waals surface area contributed by atoms with Gasteiger partial charge in [-0.1, -0.05) is 0 Å². The standard InChI is InChI=1S/C5H13N8/c1-3(13(11)5(8)9)2-12(10)4(6)7/h2,10H,11H2,1H3,(H6,6,7,8,9)/q+1/p+1. The van der Waals surface area contributed by atoms with Gasteiger partial charge in [-0.2, -0.15) is 0 Å². The molecular formula is C5H14N8+2. The summed E-state index contributed by atoms with van der Waals surface area (Å²) in [5.74, 6) is 9.93. The lowest BCUT2D eigenvalue weighted by Crippen LogP contribution is -2.41. The Balaban J connectivity index is 4.92. The van der Waals surface area contributed by atoms with Crippen molar-refractivity contribution in [3.63, 3.8) is 0 Å². The van der Waals surface area contributed by atoms with Gasteiger partial charge in [0.1, 0.15) is 11.9 Å². The number of nitrogens with two attached hydrogens (primary N) is 4. The van der Waals surface area contributed by atoms with E-state index in [2.05, 4.69) is 0 Å². The monoisotopic (exact) mass is 186 g/mol. The highest BCUT2D eigenvalue weighted by molar-refractivity contribution is 6.26. The van der Waals surface area contributed by atoms with E-state index in [1.54, 1.807) is 6.92 Å². The van der Waals surface area contributed by atoms with Crippen LogP contribution in [0.5, 0.6) is 0 Å². The number of nitrogens with zero attached hydrogens (tertiary/aromatic N) is 2. The van der Waals surface area contributed by atoms with E-state index in [0.717, 1.165) is 9.37 Å². The molecule has 0 unspecified atom stereocenters. The molecule has 0 bridgehead atoms. The van der Waals surface area contributed by atoms with Crippen LogP contribution in [-0.2, 0) is 0 Å². The molecule has 0 aromatic carbocycles. The second-order valence-electron chi connectivity index (χ2n) is 2.32. The molecule has 10 N–H and O–H groups in total. The Labute approximate surface area is 75.1 Å². The van der Waals surface area contributed by atoms with Gasteiger partial charge in [-0.3, -0.25) is 23.2 Å². The molecule has 0 aromatic rings. The topological polar surface area (TPSA) is 158 Å². The Hall–Kier alpha value is -2.12. The number of hydrogen-bond acceptors (Lipinski definition) is 4. The third-order valence-electron chi connectivity index (χ3n) is 1.24. The summed E-state index contributed by atoms with van der Waals surface area (Å²) in [4.78, 5) is 0. The maximum absolute atomic E-state index is 6.98. The number of hydrazone groups is 2. The van der Waals surface area contributed by atoms with Gasteiger partial charge in [0.2, 0.25) is 0 Å². The molecule has 0 aliphatic carbocycles. The van der Waals surface area contributed by atoms with E-state index in [-0.39, 0.29) is 11.9 Å². The molecule has 0 amide bonds. The number of nitrogens with one attached hydrogen (secondary N) is 2. The van der Waals surface area contributed by atoms with Crippen molar-refractivity contribution in [3.8, 4) is 0 Å². The molecule has 0 saturated carbocycles. The van der Waals surface area contributed by atoms with Gasteiger partial charge in [0.25, 0.3) is 0 Å². The molecule has 8 heteroatoms. The molecule has 0 atom stereocenters. The van der Waals surface area contributed by atoms with E-state index in [0.29, 0.717) is 5.71 Å². The first-order valence-electron chi connectivity index (χ1n) is 3.31. The van der Waals surface area contributed by atoms with Crippen molar-refractivity contribution in [2.75, 3.05) is 0 Å². The fourth-order valence-corrected chi connectivity index (χ4v) is 0.523. The molecule has 0 heterocycles. The lowest BCUT2D eigenvalue weighted by Gasteiger charge is -1.98. The van der Waals surface area contributed by atoms with E-state index >= 15 is 0 Å². The fraction of sp³-hybridized carbons (Fsp3) is 0.200. The summed E-state index contributed by atoms with van der Waals surface area (Å²) in [5.41, 5.74) is 10.5. The molecule has 72 valence electrons. The quantitative estimate of drug-likeness (QED) is 0.0851. The van der Waals surface area contributed by atoms with Crippen LogP contribution in [0.2, 0.25) is 0 Å². The molecule has 0 radical (unpaired) electrons. The van der Waals surface area contributed by atoms with Crippen LogP contribution in [0.4, 0.5) is 0 Å². The minimum Gasteiger partial charge on any atom is -0.289 e. The van der Waals surface area contributed by atoms with E-state index in [4.69, 9.17) is 34.0 Å². The van der Waals surface area contributed by atoms with E-state index in [1.165, 1.54) is 6.21 Å². The van der Waals surface area contributed by atoms with Crippen molar-refractivity contribution in [3.05, 3.63) is 0 Å². The predicted octanol–water partition coefficient (Wildman–Crippen LogP) is -2.92. The highest BCUT2D eigenvalue weighted by Crippen LogP contribution is 1.69. The van der Waals surface area contributed by atoms with Crippen molar-refractivity contribution >= 4 is 23.8 Å². The molecule has 0 aliphatic rings. The molecular weight excluding hydrogens is 172 g/mol. The van der Waals surface area contributed by atoms with Crippen LogP contribution in [0, 0.1) is 10.8 Å². The lowest BCUT2D eigenvalue weighted by atomic mass is 10.4. The van der Waals surface area contributed by atoms with Crippen molar-refractivity contribution in [2.24, 2.45) is 23.2 Å². The van der Waals surface area contributed by atoms with E-state index < -0.39 is 0 Å². The molecule has 0 aromatic heterocycles. The van der Waals surface area contributed by atoms with Crippen LogP contribution >= 0.6 is 0 Å². The van der Waals surface area contributed by atoms with Crippen LogP contribution < -0.4 is 23.2 Å². The molecule has 0 spiro atoms. The smallest absolute Gasteiger partial charge is 0.289 e. The molecule has 0 saturated heterocycles. The summed E-state index contributed by atoms with van der Waals surface area (Å²) < 4.78 is 1.76. The minimum atomic E-state index is -0.337. The maximum Gasteiger partial charge on any atom is 0.403 e. The van der Waals surface area contributed by atoms with Crippen LogP contribution in [0.25, 0.3) is 0 Å². The van der Waals surface area contributed by atoms with Crippen molar-refractivity contribution < 1.29 is 9.37 Å². The first kappa shape index (κ1) is 10.9. The second kappa shape index (κ2) is 4.04. The van der Waals surface area contributed by atoms with Gasteiger partial charge in [-0.15, -0.1) is 20.2 Å². The Morgan fingerprint density at radius 1 is 1.15 bits per heavy atom. The zero-order valence-corrected chi connectivity index (χ0v) is 7.28. The predicted molar refractivity (Wildman–Crippen MR) is 49.5 cm³/mol. The second-order valence-corrected chi connectivity index (χ2v) is 2.32. The van der Waals surface area contributed by atoms with Crippen LogP contribution in [0.15, 0.2) is 0 Å². The Bertz CT molecular complexity index is 298. The molecule has 0 rings (SSSR count). The van der Waals surface area contributed by atoms with Gasteiger partial charge in [-0.25, -0.2) is 0 Å². The highest BCUT2D eigenvalue weighted by atomic mass is 15.4. The summed E-state index contributed by atoms with van der Waals surface area (Å²) in [6.45, 7) is 1.57. The number of hydrazine groups is 2. The molecule has 0 aliphatic heterocycles. The Kier molecular flexibility index (Phi) is 3.38. The maximum atomic E-state index is 6.98. The third kappa shape index (κ3) is 3.18. The zero-order chi connectivity index (χ0) is 10.6. The Morgan fingerprint density at radius 3 is 1.92 bits per heavy atom. The molecule has 13 heavy (non-hydrogen) atoms. The van der Waals surface area contributed by atoms with Gasteiger partial charge >= 0.3 is 11.9 Å². The number of rotatable bonds is 1. The summed E-state index contributed by atoms with van der Waals surface area (Å²) in [7, 11) is 0. The zero-order valence-electron chi connectivity index (χ0n) is 7.28. The largest absolute Gasteiger partial charge is 0.403 e. The van der Waals surface area contributed by atoms with Gasteiger partial charge in [0.05, 0.1) is 0 Å². The van der Waals surface area contributed by atoms with Crippen LogP contribution in [0.3, 0.4) is 0 Å². The highest BCUT2D eigenvalue weighted by Gasteiger charge is 2.06. The summed E-state index contributed by atoms with van der Waals surface area (Å²) in [6, 6.07) is 0. The summed E-state index contributed by atoms with van der Waals surface area (Å²) in [5, 5.41) is 13.9. The fourth-order valence-electron chi connectivity index (χ4n) is 0.523. The van der Waals surface area contributed by atoms with Gasteiger partial charge in [-0.05, 0) is 6.92 Å². The van der Waals surface area contributed by atoms with Crippen molar-refractivity contribution in [2.45, 2.75) is 6.92 Å². The number of hydrogen-bond donors (Lipinski definition) is 6. The minimum absolute atomic E-state index is 0.328. The molecule has 0 fully saturated rings. The van der Waals surface area contributed by atoms with Gasteiger partial charge in [0, 0.05) is 0 Å².